The van der Waals surface area contributed by atoms with Crippen molar-refractivity contribution in [2.24, 2.45) is 11.8 Å². The van der Waals surface area contributed by atoms with Crippen molar-refractivity contribution in [3.05, 3.63) is 59.8 Å². The Morgan fingerprint density at radius 3 is 2.97 bits per heavy atom. The summed E-state index contributed by atoms with van der Waals surface area (Å²) < 4.78 is 25.1. The molecule has 35 heavy (non-hydrogen) atoms. The molecule has 2 N–H and O–H groups in total. The van der Waals surface area contributed by atoms with Gasteiger partial charge >= 0.3 is 0 Å². The van der Waals surface area contributed by atoms with Crippen LogP contribution < -0.4 is 20.1 Å². The number of ether oxygens (including phenoxy) is 2. The molecular formula is C26H29ClFN5O2. The third kappa shape index (κ3) is 5.44. The predicted molar refractivity (Wildman–Crippen MR) is 136 cm³/mol. The van der Waals surface area contributed by atoms with Crippen LogP contribution in [-0.4, -0.2) is 54.8 Å². The van der Waals surface area contributed by atoms with E-state index in [2.05, 4.69) is 31.7 Å². The summed E-state index contributed by atoms with van der Waals surface area (Å²) in [6.45, 7) is 4.86. The molecule has 0 amide bonds. The van der Waals surface area contributed by atoms with Crippen molar-refractivity contribution in [3.8, 4) is 11.5 Å². The summed E-state index contributed by atoms with van der Waals surface area (Å²) in [5.74, 6) is 2.85. The van der Waals surface area contributed by atoms with Crippen LogP contribution in [0.2, 0.25) is 5.02 Å². The number of hydrogen-bond acceptors (Lipinski definition) is 7. The van der Waals surface area contributed by atoms with E-state index in [0.717, 1.165) is 43.4 Å². The first kappa shape index (κ1) is 23.6. The number of aromatic nitrogens is 2. The Balaban J connectivity index is 1.29. The lowest BCUT2D eigenvalue weighted by atomic mass is 9.81. The van der Waals surface area contributed by atoms with Gasteiger partial charge in [-0.25, -0.2) is 14.4 Å². The largest absolute Gasteiger partial charge is 0.493 e. The molecule has 0 radical (unpaired) electrons. The SMILES string of the molecule is COc1cc2ncnc(Nc3ccc(F)c(Cl)c3)c2cc1OC/C=C/N1CCC2CCNCC2C1. The molecule has 1 aromatic heterocycles. The Kier molecular flexibility index (Phi) is 7.20. The highest BCUT2D eigenvalue weighted by atomic mass is 35.5. The Labute approximate surface area is 209 Å². The van der Waals surface area contributed by atoms with E-state index in [1.807, 2.05) is 18.2 Å². The minimum Gasteiger partial charge on any atom is -0.493 e. The van der Waals surface area contributed by atoms with E-state index in [-0.39, 0.29) is 5.02 Å². The molecule has 2 unspecified atom stereocenters. The fraction of sp³-hybridized carbons (Fsp3) is 0.385. The summed E-state index contributed by atoms with van der Waals surface area (Å²) in [6.07, 6.45) is 8.20. The molecule has 9 heteroatoms. The summed E-state index contributed by atoms with van der Waals surface area (Å²) >= 11 is 5.93. The summed E-state index contributed by atoms with van der Waals surface area (Å²) in [6, 6.07) is 8.11. The van der Waals surface area contributed by atoms with Gasteiger partial charge in [0, 0.05) is 30.2 Å². The van der Waals surface area contributed by atoms with Gasteiger partial charge in [-0.2, -0.15) is 0 Å². The van der Waals surface area contributed by atoms with Crippen LogP contribution in [-0.2, 0) is 0 Å². The second kappa shape index (κ2) is 10.7. The van der Waals surface area contributed by atoms with Crippen molar-refractivity contribution >= 4 is 34.0 Å². The van der Waals surface area contributed by atoms with Crippen molar-refractivity contribution in [1.82, 2.24) is 20.2 Å². The number of nitrogens with one attached hydrogen (secondary N) is 2. The number of rotatable bonds is 7. The number of fused-ring (bicyclic) bond motifs is 2. The van der Waals surface area contributed by atoms with Gasteiger partial charge in [0.25, 0.3) is 0 Å². The van der Waals surface area contributed by atoms with Crippen LogP contribution in [0, 0.1) is 17.7 Å². The first-order valence-corrected chi connectivity index (χ1v) is 12.3. The quantitative estimate of drug-likeness (QED) is 0.476. The van der Waals surface area contributed by atoms with Crippen LogP contribution in [0.3, 0.4) is 0 Å². The lowest BCUT2D eigenvalue weighted by Crippen LogP contribution is -2.46. The first-order chi connectivity index (χ1) is 17.1. The second-order valence-electron chi connectivity index (χ2n) is 8.99. The van der Waals surface area contributed by atoms with Crippen molar-refractivity contribution in [1.29, 1.82) is 0 Å². The fourth-order valence-electron chi connectivity index (χ4n) is 4.91. The molecular weight excluding hydrogens is 469 g/mol. The van der Waals surface area contributed by atoms with Crippen LogP contribution in [0.5, 0.6) is 11.5 Å². The third-order valence-corrected chi connectivity index (χ3v) is 7.07. The molecule has 0 spiro atoms. The van der Waals surface area contributed by atoms with Crippen LogP contribution in [0.25, 0.3) is 10.9 Å². The van der Waals surface area contributed by atoms with Gasteiger partial charge in [0.15, 0.2) is 11.5 Å². The predicted octanol–water partition coefficient (Wildman–Crippen LogP) is 5.00. The molecule has 2 saturated heterocycles. The van der Waals surface area contributed by atoms with E-state index in [4.69, 9.17) is 21.1 Å². The standard InChI is InChI=1S/C26H29ClFN5O2/c1-34-24-13-23-20(26(31-16-30-23)32-19-3-4-22(28)21(27)11-19)12-25(24)35-10-2-8-33-9-6-17-5-7-29-14-18(17)15-33/h2-4,8,11-13,16-18,29H,5-7,9-10,14-15H2,1H3,(H,30,31,32)/b8-2+. The molecule has 2 atom stereocenters. The van der Waals surface area contributed by atoms with Crippen LogP contribution >= 0.6 is 11.6 Å². The normalized spacial score (nSPS) is 20.1. The molecule has 2 aromatic carbocycles. The van der Waals surface area contributed by atoms with Gasteiger partial charge in [-0.05, 0) is 74.3 Å². The Bertz CT molecular complexity index is 1220. The summed E-state index contributed by atoms with van der Waals surface area (Å²) in [5.41, 5.74) is 1.31. The Morgan fingerprint density at radius 1 is 1.20 bits per heavy atom. The monoisotopic (exact) mass is 497 g/mol. The lowest BCUT2D eigenvalue weighted by Gasteiger charge is -2.41. The van der Waals surface area contributed by atoms with Gasteiger partial charge in [-0.15, -0.1) is 0 Å². The van der Waals surface area contributed by atoms with Crippen molar-refractivity contribution in [2.75, 3.05) is 45.2 Å². The van der Waals surface area contributed by atoms with Gasteiger partial charge < -0.3 is 25.0 Å². The molecule has 184 valence electrons. The smallest absolute Gasteiger partial charge is 0.162 e. The van der Waals surface area contributed by atoms with E-state index in [0.29, 0.717) is 35.1 Å². The van der Waals surface area contributed by atoms with Crippen molar-refractivity contribution in [3.63, 3.8) is 0 Å². The lowest BCUT2D eigenvalue weighted by molar-refractivity contribution is 0.128. The minimum absolute atomic E-state index is 0.0369. The highest BCUT2D eigenvalue weighted by Crippen LogP contribution is 2.35. The minimum atomic E-state index is -0.474. The number of methoxy groups -OCH3 is 1. The fourth-order valence-corrected chi connectivity index (χ4v) is 5.09. The van der Waals surface area contributed by atoms with E-state index in [9.17, 15) is 4.39 Å². The number of piperidine rings is 2. The van der Waals surface area contributed by atoms with E-state index >= 15 is 0 Å². The zero-order valence-electron chi connectivity index (χ0n) is 19.6. The van der Waals surface area contributed by atoms with Crippen molar-refractivity contribution in [2.45, 2.75) is 12.8 Å². The highest BCUT2D eigenvalue weighted by molar-refractivity contribution is 6.31. The average Bonchev–Trinajstić information content (AvgIpc) is 2.88. The number of nitrogens with zero attached hydrogens (tertiary/aromatic N) is 3. The maximum atomic E-state index is 13.5. The molecule has 3 heterocycles. The number of likely N-dealkylation sites (tertiary alicyclic amines) is 1. The van der Waals surface area contributed by atoms with Gasteiger partial charge in [0.1, 0.15) is 24.6 Å². The maximum Gasteiger partial charge on any atom is 0.162 e. The van der Waals surface area contributed by atoms with Gasteiger partial charge in [0.2, 0.25) is 0 Å². The molecule has 7 nitrogen and oxygen atoms in total. The summed E-state index contributed by atoms with van der Waals surface area (Å²) in [4.78, 5) is 11.1. The van der Waals surface area contributed by atoms with E-state index in [1.54, 1.807) is 13.2 Å². The summed E-state index contributed by atoms with van der Waals surface area (Å²) in [7, 11) is 1.60. The number of hydrogen-bond donors (Lipinski definition) is 2. The number of benzene rings is 2. The van der Waals surface area contributed by atoms with Crippen LogP contribution in [0.15, 0.2) is 48.9 Å². The van der Waals surface area contributed by atoms with Gasteiger partial charge in [0.05, 0.1) is 17.6 Å². The van der Waals surface area contributed by atoms with Crippen LogP contribution in [0.4, 0.5) is 15.9 Å². The molecule has 2 aliphatic rings. The molecule has 0 bridgehead atoms. The van der Waals surface area contributed by atoms with Gasteiger partial charge in [-0.1, -0.05) is 11.6 Å². The third-order valence-electron chi connectivity index (χ3n) is 6.78. The highest BCUT2D eigenvalue weighted by Gasteiger charge is 2.29. The van der Waals surface area contributed by atoms with Crippen molar-refractivity contribution < 1.29 is 13.9 Å². The molecule has 0 saturated carbocycles. The molecule has 2 fully saturated rings. The molecule has 2 aliphatic heterocycles. The number of halogens is 2. The summed E-state index contributed by atoms with van der Waals surface area (Å²) in [5, 5.41) is 7.49. The second-order valence-corrected chi connectivity index (χ2v) is 9.40. The molecule has 5 rings (SSSR count). The topological polar surface area (TPSA) is 71.5 Å². The average molecular weight is 498 g/mol. The first-order valence-electron chi connectivity index (χ1n) is 11.9. The van der Waals surface area contributed by atoms with Gasteiger partial charge in [-0.3, -0.25) is 0 Å². The zero-order valence-corrected chi connectivity index (χ0v) is 20.4. The van der Waals surface area contributed by atoms with E-state index in [1.165, 1.54) is 31.3 Å². The number of anilines is 2. The Morgan fingerprint density at radius 2 is 2.11 bits per heavy atom. The molecule has 0 aliphatic carbocycles. The van der Waals surface area contributed by atoms with E-state index < -0.39 is 5.82 Å². The zero-order chi connectivity index (χ0) is 24.2. The Hall–Kier alpha value is -3.10. The van der Waals surface area contributed by atoms with Crippen LogP contribution in [0.1, 0.15) is 12.8 Å². The molecule has 3 aromatic rings. The maximum absolute atomic E-state index is 13.5.